The largest absolute Gasteiger partial charge is 0.292 e. The van der Waals surface area contributed by atoms with Crippen molar-refractivity contribution in [2.75, 3.05) is 0 Å². The molecule has 4 unspecified atom stereocenters. The molecule has 2 nitrogen and oxygen atoms in total. The van der Waals surface area contributed by atoms with E-state index in [2.05, 4.69) is 53.5 Å². The number of hydroxylamine groups is 2. The molecule has 112 valence electrons. The van der Waals surface area contributed by atoms with Crippen LogP contribution in [0.25, 0.3) is 0 Å². The Labute approximate surface area is 119 Å². The Morgan fingerprint density at radius 2 is 1.84 bits per heavy atom. The predicted octanol–water partition coefficient (Wildman–Crippen LogP) is 4.64. The zero-order valence-electron chi connectivity index (χ0n) is 14.0. The van der Waals surface area contributed by atoms with Crippen LogP contribution in [-0.2, 0) is 4.84 Å². The molecule has 0 N–H and O–H groups in total. The second kappa shape index (κ2) is 5.04. The first-order chi connectivity index (χ1) is 8.70. The number of nitrogens with zero attached hydrogens (tertiary/aromatic N) is 1. The monoisotopic (exact) mass is 267 g/mol. The van der Waals surface area contributed by atoms with Gasteiger partial charge in [-0.05, 0) is 58.3 Å². The number of fused-ring (bicyclic) bond motifs is 1. The summed E-state index contributed by atoms with van der Waals surface area (Å²) in [6.07, 6.45) is 5.34. The van der Waals surface area contributed by atoms with Crippen molar-refractivity contribution in [3.05, 3.63) is 0 Å². The summed E-state index contributed by atoms with van der Waals surface area (Å²) < 4.78 is 0. The average molecular weight is 267 g/mol. The van der Waals surface area contributed by atoms with Gasteiger partial charge in [-0.2, -0.15) is 5.06 Å². The number of hydrogen-bond donors (Lipinski definition) is 0. The Balaban J connectivity index is 2.26. The van der Waals surface area contributed by atoms with Crippen LogP contribution in [0.4, 0.5) is 0 Å². The SMILES string of the molecule is CCCC1(C)CC(C)C2C(C1)C(C)(C)ON2C(C)C. The van der Waals surface area contributed by atoms with Crippen LogP contribution in [0.2, 0.25) is 0 Å². The van der Waals surface area contributed by atoms with Crippen molar-refractivity contribution >= 4 is 0 Å². The second-order valence-corrected chi connectivity index (χ2v) is 8.19. The van der Waals surface area contributed by atoms with Crippen LogP contribution >= 0.6 is 0 Å². The molecule has 1 saturated heterocycles. The smallest absolute Gasteiger partial charge is 0.0888 e. The van der Waals surface area contributed by atoms with Gasteiger partial charge in [0.2, 0.25) is 0 Å². The van der Waals surface area contributed by atoms with Crippen molar-refractivity contribution < 1.29 is 4.84 Å². The van der Waals surface area contributed by atoms with Gasteiger partial charge >= 0.3 is 0 Å². The molecule has 0 radical (unpaired) electrons. The highest BCUT2D eigenvalue weighted by molar-refractivity contribution is 5.03. The minimum absolute atomic E-state index is 0.00137. The summed E-state index contributed by atoms with van der Waals surface area (Å²) in [6, 6.07) is 1.09. The van der Waals surface area contributed by atoms with Crippen molar-refractivity contribution in [1.82, 2.24) is 5.06 Å². The van der Waals surface area contributed by atoms with Crippen molar-refractivity contribution in [3.8, 4) is 0 Å². The molecule has 0 bridgehead atoms. The molecule has 1 saturated carbocycles. The molecule has 0 aromatic rings. The molecule has 1 heterocycles. The number of hydrogen-bond acceptors (Lipinski definition) is 2. The highest BCUT2D eigenvalue weighted by Gasteiger charge is 2.56. The molecule has 2 aliphatic rings. The molecule has 4 atom stereocenters. The second-order valence-electron chi connectivity index (χ2n) is 8.19. The van der Waals surface area contributed by atoms with Crippen molar-refractivity contribution in [2.24, 2.45) is 17.3 Å². The lowest BCUT2D eigenvalue weighted by atomic mass is 9.60. The van der Waals surface area contributed by atoms with E-state index in [-0.39, 0.29) is 5.60 Å². The van der Waals surface area contributed by atoms with Crippen LogP contribution in [0, 0.1) is 17.3 Å². The molecular weight excluding hydrogens is 234 g/mol. The fraction of sp³-hybridized carbons (Fsp3) is 1.00. The molecule has 1 aliphatic carbocycles. The number of rotatable bonds is 3. The lowest BCUT2D eigenvalue weighted by Crippen LogP contribution is -2.48. The van der Waals surface area contributed by atoms with E-state index in [1.165, 1.54) is 25.7 Å². The van der Waals surface area contributed by atoms with Crippen molar-refractivity contribution in [1.29, 1.82) is 0 Å². The standard InChI is InChI=1S/C17H33NO/c1-8-9-17(7)10-13(4)15-14(11-17)16(5,6)19-18(15)12(2)3/h12-15H,8-11H2,1-7H3. The quantitative estimate of drug-likeness (QED) is 0.738. The molecule has 2 rings (SSSR count). The Morgan fingerprint density at radius 3 is 2.37 bits per heavy atom. The van der Waals surface area contributed by atoms with Gasteiger partial charge in [-0.15, -0.1) is 0 Å². The van der Waals surface area contributed by atoms with Gasteiger partial charge in [0.05, 0.1) is 5.60 Å². The summed E-state index contributed by atoms with van der Waals surface area (Å²) in [5, 5.41) is 2.31. The predicted molar refractivity (Wildman–Crippen MR) is 80.8 cm³/mol. The zero-order valence-corrected chi connectivity index (χ0v) is 14.0. The third-order valence-electron chi connectivity index (χ3n) is 5.41. The Hall–Kier alpha value is -0.0800. The molecule has 2 heteroatoms. The lowest BCUT2D eigenvalue weighted by Gasteiger charge is -2.47. The lowest BCUT2D eigenvalue weighted by molar-refractivity contribution is -0.215. The van der Waals surface area contributed by atoms with Gasteiger partial charge in [-0.3, -0.25) is 4.84 Å². The van der Waals surface area contributed by atoms with E-state index >= 15 is 0 Å². The molecule has 0 aromatic carbocycles. The van der Waals surface area contributed by atoms with Gasteiger partial charge in [-0.25, -0.2) is 0 Å². The van der Waals surface area contributed by atoms with Crippen LogP contribution in [0.3, 0.4) is 0 Å². The first-order valence-corrected chi connectivity index (χ1v) is 8.17. The molecule has 0 spiro atoms. The fourth-order valence-corrected chi connectivity index (χ4v) is 4.77. The molecule has 0 aromatic heterocycles. The van der Waals surface area contributed by atoms with Crippen molar-refractivity contribution in [3.63, 3.8) is 0 Å². The first kappa shape index (κ1) is 15.3. The maximum absolute atomic E-state index is 6.33. The molecule has 1 aliphatic heterocycles. The summed E-state index contributed by atoms with van der Waals surface area (Å²) in [7, 11) is 0. The normalized spacial score (nSPS) is 42.6. The summed E-state index contributed by atoms with van der Waals surface area (Å²) >= 11 is 0. The summed E-state index contributed by atoms with van der Waals surface area (Å²) in [5.41, 5.74) is 0.515. The van der Waals surface area contributed by atoms with Crippen LogP contribution in [0.15, 0.2) is 0 Å². The van der Waals surface area contributed by atoms with Crippen LogP contribution in [0.5, 0.6) is 0 Å². The van der Waals surface area contributed by atoms with E-state index in [0.717, 1.165) is 5.92 Å². The van der Waals surface area contributed by atoms with Crippen LogP contribution < -0.4 is 0 Å². The molecule has 0 amide bonds. The molecular formula is C17H33NO. The maximum Gasteiger partial charge on any atom is 0.0888 e. The van der Waals surface area contributed by atoms with Crippen molar-refractivity contribution in [2.45, 2.75) is 91.8 Å². The van der Waals surface area contributed by atoms with Gasteiger partial charge in [0.1, 0.15) is 0 Å². The van der Waals surface area contributed by atoms with Crippen LogP contribution in [-0.4, -0.2) is 22.7 Å². The Kier molecular flexibility index (Phi) is 4.06. The van der Waals surface area contributed by atoms with Crippen LogP contribution in [0.1, 0.15) is 74.1 Å². The highest BCUT2D eigenvalue weighted by atomic mass is 16.7. The molecule has 2 fully saturated rings. The fourth-order valence-electron chi connectivity index (χ4n) is 4.77. The van der Waals surface area contributed by atoms with Gasteiger partial charge < -0.3 is 0 Å². The van der Waals surface area contributed by atoms with Gasteiger partial charge in [-0.1, -0.05) is 27.2 Å². The average Bonchev–Trinajstić information content (AvgIpc) is 2.51. The Morgan fingerprint density at radius 1 is 1.21 bits per heavy atom. The minimum atomic E-state index is -0.00137. The summed E-state index contributed by atoms with van der Waals surface area (Å²) in [6.45, 7) is 16.3. The Bertz CT molecular complexity index is 325. The van der Waals surface area contributed by atoms with E-state index in [0.29, 0.717) is 23.4 Å². The van der Waals surface area contributed by atoms with E-state index in [4.69, 9.17) is 4.84 Å². The third-order valence-corrected chi connectivity index (χ3v) is 5.41. The minimum Gasteiger partial charge on any atom is -0.292 e. The third kappa shape index (κ3) is 2.71. The van der Waals surface area contributed by atoms with E-state index in [1.54, 1.807) is 0 Å². The topological polar surface area (TPSA) is 12.5 Å². The van der Waals surface area contributed by atoms with Gasteiger partial charge in [0, 0.05) is 18.0 Å². The highest BCUT2D eigenvalue weighted by Crippen LogP contribution is 2.54. The van der Waals surface area contributed by atoms with Gasteiger partial charge in [0.15, 0.2) is 0 Å². The van der Waals surface area contributed by atoms with E-state index in [1.807, 2.05) is 0 Å². The van der Waals surface area contributed by atoms with Gasteiger partial charge in [0.25, 0.3) is 0 Å². The summed E-state index contributed by atoms with van der Waals surface area (Å²) in [4.78, 5) is 6.33. The van der Waals surface area contributed by atoms with E-state index in [9.17, 15) is 0 Å². The van der Waals surface area contributed by atoms with E-state index < -0.39 is 0 Å². The zero-order chi connectivity index (χ0) is 14.4. The summed E-state index contributed by atoms with van der Waals surface area (Å²) in [5.74, 6) is 1.41. The maximum atomic E-state index is 6.33. The first-order valence-electron chi connectivity index (χ1n) is 8.17. The molecule has 19 heavy (non-hydrogen) atoms.